The zero-order valence-electron chi connectivity index (χ0n) is 42.3. The van der Waals surface area contributed by atoms with E-state index in [0.29, 0.717) is 0 Å². The van der Waals surface area contributed by atoms with Crippen LogP contribution in [0.25, 0.3) is 0 Å². The fraction of sp³-hybridized carbons (Fsp3) is 1.00. The number of unbranched alkanes of at least 4 members (excludes halogenated alkanes) is 1. The van der Waals surface area contributed by atoms with E-state index >= 15 is 0 Å². The minimum atomic E-state index is -6.18. The highest BCUT2D eigenvalue weighted by molar-refractivity contribution is 4.75. The summed E-state index contributed by atoms with van der Waals surface area (Å²) >= 11 is 0. The van der Waals surface area contributed by atoms with Gasteiger partial charge in [-0.3, -0.25) is 0 Å². The molecule has 5 atom stereocenters. The average Bonchev–Trinajstić information content (AvgIpc) is 3.29. The fourth-order valence-corrected chi connectivity index (χ4v) is 5.24. The van der Waals surface area contributed by atoms with Gasteiger partial charge in [-0.1, -0.05) is 44.6 Å². The number of ether oxygens (including phenoxy) is 12. The van der Waals surface area contributed by atoms with Gasteiger partial charge < -0.3 is 78.0 Å². The van der Waals surface area contributed by atoms with E-state index in [-0.39, 0.29) is 51.5 Å². The summed E-state index contributed by atoms with van der Waals surface area (Å²) in [5.41, 5.74) is 0. The summed E-state index contributed by atoms with van der Waals surface area (Å²) < 4.78 is 349. The maximum absolute atomic E-state index is 14.2. The number of rotatable bonds is 51. The number of hydrogen-bond donors (Lipinski definition) is 6. The summed E-state index contributed by atoms with van der Waals surface area (Å²) in [6.07, 6.45) is -55.7. The van der Waals surface area contributed by atoms with Crippen LogP contribution in [-0.4, -0.2) is 240 Å². The van der Waals surface area contributed by atoms with E-state index in [2.05, 4.69) is 52.1 Å². The molecule has 0 bridgehead atoms. The van der Waals surface area contributed by atoms with Crippen LogP contribution in [0.1, 0.15) is 96.4 Å². The first-order valence-electron chi connectivity index (χ1n) is 23.3. The number of hydrogen-bond acceptors (Lipinski definition) is 18. The van der Waals surface area contributed by atoms with Gasteiger partial charge in [0.1, 0.15) is 57.5 Å². The summed E-state index contributed by atoms with van der Waals surface area (Å²) in [5.74, 6) is -15.9. The second kappa shape index (κ2) is 43.5. The van der Waals surface area contributed by atoms with Gasteiger partial charge in [0.2, 0.25) is 0 Å². The van der Waals surface area contributed by atoms with Crippen LogP contribution in [-0.2, 0) is 56.8 Å². The molecule has 87 heavy (non-hydrogen) atoms. The van der Waals surface area contributed by atoms with Crippen LogP contribution in [0.4, 0.5) is 96.6 Å². The maximum Gasteiger partial charge on any atom is 0.452 e. The SMILES string of the molecule is C.C.C.C.C.C.CC(F)(F)C(F)(F)OCCCCC(F)(F)COCC(O)COCC(O)COCC(F)(F)OC(F)(F)C(F)(F)OCCCC(F)(F)COC(O)COCC(O)COCC(F)(F)OC(F)(F)C(F)(F)OCCCC(F)(F)COCC(O)CO. The van der Waals surface area contributed by atoms with E-state index < -0.39 is 254 Å². The Morgan fingerprint density at radius 3 is 0.966 bits per heavy atom. The molecule has 0 aromatic rings. The lowest BCUT2D eigenvalue weighted by Gasteiger charge is -2.29. The molecular weight excluding hydrogens is 1270 g/mol. The van der Waals surface area contributed by atoms with E-state index in [9.17, 15) is 117 Å². The van der Waals surface area contributed by atoms with Crippen LogP contribution in [0.2, 0.25) is 0 Å². The highest BCUT2D eigenvalue weighted by atomic mass is 19.4. The van der Waals surface area contributed by atoms with Crippen LogP contribution in [0.3, 0.4) is 0 Å². The van der Waals surface area contributed by atoms with Crippen LogP contribution < -0.4 is 0 Å². The van der Waals surface area contributed by atoms with Gasteiger partial charge in [-0.2, -0.15) is 70.2 Å². The van der Waals surface area contributed by atoms with Gasteiger partial charge in [0.15, 0.2) is 6.29 Å². The second-order valence-corrected chi connectivity index (χ2v) is 17.4. The Hall–Kier alpha value is -2.26. The molecule has 0 amide bonds. The topological polar surface area (TPSA) is 232 Å². The van der Waals surface area contributed by atoms with Crippen LogP contribution in [0.15, 0.2) is 0 Å². The quantitative estimate of drug-likeness (QED) is 0.0189. The molecule has 0 aliphatic rings. The van der Waals surface area contributed by atoms with Crippen molar-refractivity contribution < 1.29 is 184 Å². The lowest BCUT2D eigenvalue weighted by molar-refractivity contribution is -0.484. The highest BCUT2D eigenvalue weighted by Gasteiger charge is 2.65. The first-order chi connectivity index (χ1) is 36.7. The first kappa shape index (κ1) is 98.3. The van der Waals surface area contributed by atoms with Crippen LogP contribution >= 0.6 is 0 Å². The van der Waals surface area contributed by atoms with E-state index in [0.717, 1.165) is 0 Å². The molecule has 0 rings (SSSR count). The molecule has 0 fully saturated rings. The standard InChI is InChI=1S/C41H62F22O18.6CH4/c1-31(42,43)37(54,55)77-9-3-2-6-32(44,45)21-73-17-27(66)14-70-15-28(67)18-74-24-35(50,51)80-41(62,63)39(58,59)79-11-5-8-34(48,49)23-76-30(69)20-71-16-29(68)19-75-25-36(52,53)81-40(60,61)38(56,57)78-10-4-7-33(46,47)22-72-13-26(65)12-64;;;;;;/h26-30,64-69H,2-25H2,1H3;6*1H4. The Morgan fingerprint density at radius 2 is 0.609 bits per heavy atom. The monoisotopic (exact) mass is 1360 g/mol. The largest absolute Gasteiger partial charge is 0.452 e. The van der Waals surface area contributed by atoms with Gasteiger partial charge in [-0.25, -0.2) is 35.8 Å². The Morgan fingerprint density at radius 1 is 0.322 bits per heavy atom. The lowest BCUT2D eigenvalue weighted by atomic mass is 10.1. The third-order valence-corrected chi connectivity index (χ3v) is 9.20. The van der Waals surface area contributed by atoms with E-state index in [1.807, 2.05) is 0 Å². The summed E-state index contributed by atoms with van der Waals surface area (Å²) in [7, 11) is 0. The summed E-state index contributed by atoms with van der Waals surface area (Å²) in [6.45, 7) is -21.8. The molecule has 536 valence electrons. The molecule has 0 aromatic heterocycles. The van der Waals surface area contributed by atoms with Crippen molar-refractivity contribution in [1.29, 1.82) is 0 Å². The van der Waals surface area contributed by atoms with Crippen molar-refractivity contribution >= 4 is 0 Å². The van der Waals surface area contributed by atoms with Crippen molar-refractivity contribution in [2.75, 3.05) is 112 Å². The minimum Gasteiger partial charge on any atom is -0.394 e. The van der Waals surface area contributed by atoms with Gasteiger partial charge in [0.05, 0.1) is 79.3 Å². The third-order valence-electron chi connectivity index (χ3n) is 9.20. The third kappa shape index (κ3) is 44.0. The number of aliphatic hydroxyl groups excluding tert-OH is 6. The molecule has 6 N–H and O–H groups in total. The van der Waals surface area contributed by atoms with Crippen LogP contribution in [0, 0.1) is 0 Å². The molecule has 5 unspecified atom stereocenters. The predicted octanol–water partition coefficient (Wildman–Crippen LogP) is 10.2. The average molecular weight is 1360 g/mol. The van der Waals surface area contributed by atoms with Crippen LogP contribution in [0.5, 0.6) is 0 Å². The normalized spacial score (nSPS) is 15.1. The molecular formula is C47H86F22O18. The molecule has 0 spiro atoms. The highest BCUT2D eigenvalue weighted by Crippen LogP contribution is 2.42. The molecule has 18 nitrogen and oxygen atoms in total. The van der Waals surface area contributed by atoms with Gasteiger partial charge in [0, 0.05) is 26.2 Å². The smallest absolute Gasteiger partial charge is 0.394 e. The van der Waals surface area contributed by atoms with Crippen molar-refractivity contribution in [3.8, 4) is 0 Å². The fourth-order valence-electron chi connectivity index (χ4n) is 5.24. The Labute approximate surface area is 489 Å². The number of halogens is 22. The van der Waals surface area contributed by atoms with E-state index in [4.69, 9.17) is 14.9 Å². The second-order valence-electron chi connectivity index (χ2n) is 17.4. The molecule has 0 aliphatic carbocycles. The van der Waals surface area contributed by atoms with Gasteiger partial charge in [0.25, 0.3) is 17.8 Å². The van der Waals surface area contributed by atoms with Crippen molar-refractivity contribution in [2.24, 2.45) is 0 Å². The Kier molecular flexibility index (Phi) is 49.2. The van der Waals surface area contributed by atoms with Crippen molar-refractivity contribution in [2.45, 2.75) is 194 Å². The maximum atomic E-state index is 14.2. The van der Waals surface area contributed by atoms with E-state index in [1.165, 1.54) is 0 Å². The first-order valence-corrected chi connectivity index (χ1v) is 23.3. The molecule has 0 aliphatic heterocycles. The minimum absolute atomic E-state index is 0. The number of aliphatic hydroxyl groups is 6. The van der Waals surface area contributed by atoms with E-state index in [1.54, 1.807) is 0 Å². The van der Waals surface area contributed by atoms with Crippen molar-refractivity contribution in [3.05, 3.63) is 0 Å². The van der Waals surface area contributed by atoms with Gasteiger partial charge in [-0.05, 0) is 25.7 Å². The Bertz CT molecular complexity index is 1680. The zero-order chi connectivity index (χ0) is 62.8. The van der Waals surface area contributed by atoms with Crippen molar-refractivity contribution in [3.63, 3.8) is 0 Å². The predicted molar refractivity (Wildman–Crippen MR) is 261 cm³/mol. The Balaban J connectivity index is -0.00000213. The number of alkyl halides is 22. The lowest BCUT2D eigenvalue weighted by Crippen LogP contribution is -2.50. The molecule has 0 saturated carbocycles. The molecule has 0 saturated heterocycles. The summed E-state index contributed by atoms with van der Waals surface area (Å²) in [6, 6.07) is 0. The molecule has 0 heterocycles. The molecule has 0 aromatic carbocycles. The zero-order valence-corrected chi connectivity index (χ0v) is 42.3. The van der Waals surface area contributed by atoms with Gasteiger partial charge >= 0.3 is 48.7 Å². The van der Waals surface area contributed by atoms with Crippen molar-refractivity contribution in [1.82, 2.24) is 0 Å². The summed E-state index contributed by atoms with van der Waals surface area (Å²) in [5, 5.41) is 56.5. The molecule has 0 radical (unpaired) electrons. The summed E-state index contributed by atoms with van der Waals surface area (Å²) in [4.78, 5) is 0. The molecule has 40 heteroatoms. The van der Waals surface area contributed by atoms with Gasteiger partial charge in [-0.15, -0.1) is 0 Å².